The molecule has 1 aliphatic rings. The molecule has 0 radical (unpaired) electrons. The molecular formula is C16H14ClFN2O. The molecule has 2 aromatic carbocycles. The number of rotatable bonds is 2. The van der Waals surface area contributed by atoms with E-state index in [1.807, 2.05) is 18.2 Å². The standard InChI is InChI=1S/C16H14ClFN2O/c17-11-4-5-14(18)12(8-11)16(21)20-15-3-1-2-10-6-7-19-9-13(10)15/h1-5,8,19H,6-7,9H2,(H,20,21). The highest BCUT2D eigenvalue weighted by molar-refractivity contribution is 6.31. The maximum atomic E-state index is 13.7. The van der Waals surface area contributed by atoms with Crippen molar-refractivity contribution in [3.05, 3.63) is 63.9 Å². The third-order valence-electron chi connectivity index (χ3n) is 3.57. The Morgan fingerprint density at radius 2 is 2.14 bits per heavy atom. The largest absolute Gasteiger partial charge is 0.322 e. The Morgan fingerprint density at radius 1 is 1.29 bits per heavy atom. The van der Waals surface area contributed by atoms with Gasteiger partial charge in [0.25, 0.3) is 5.91 Å². The summed E-state index contributed by atoms with van der Waals surface area (Å²) in [6.07, 6.45) is 0.921. The molecule has 2 aromatic rings. The number of hydrogen-bond acceptors (Lipinski definition) is 2. The van der Waals surface area contributed by atoms with Crippen molar-refractivity contribution in [2.45, 2.75) is 13.0 Å². The molecule has 1 amide bonds. The Kier molecular flexibility index (Phi) is 3.90. The van der Waals surface area contributed by atoms with E-state index in [9.17, 15) is 9.18 Å². The van der Waals surface area contributed by atoms with Gasteiger partial charge >= 0.3 is 0 Å². The number of carbonyl (C=O) groups excluding carboxylic acids is 1. The van der Waals surface area contributed by atoms with Crippen LogP contribution in [0.1, 0.15) is 21.5 Å². The summed E-state index contributed by atoms with van der Waals surface area (Å²) >= 11 is 5.82. The van der Waals surface area contributed by atoms with Gasteiger partial charge in [0.1, 0.15) is 5.82 Å². The molecule has 108 valence electrons. The summed E-state index contributed by atoms with van der Waals surface area (Å²) in [5.41, 5.74) is 2.92. The lowest BCUT2D eigenvalue weighted by atomic mass is 9.99. The normalized spacial score (nSPS) is 13.6. The summed E-state index contributed by atoms with van der Waals surface area (Å²) < 4.78 is 13.7. The molecule has 0 spiro atoms. The number of hydrogen-bond donors (Lipinski definition) is 2. The zero-order valence-electron chi connectivity index (χ0n) is 11.2. The Balaban J connectivity index is 1.90. The number of anilines is 1. The van der Waals surface area contributed by atoms with E-state index in [0.717, 1.165) is 18.5 Å². The minimum atomic E-state index is -0.583. The number of benzene rings is 2. The molecule has 0 saturated carbocycles. The SMILES string of the molecule is O=C(Nc1cccc2c1CNCC2)c1cc(Cl)ccc1F. The molecule has 1 aliphatic heterocycles. The predicted molar refractivity (Wildman–Crippen MR) is 81.2 cm³/mol. The molecule has 3 nitrogen and oxygen atoms in total. The van der Waals surface area contributed by atoms with Crippen molar-refractivity contribution in [3.8, 4) is 0 Å². The zero-order chi connectivity index (χ0) is 14.8. The fourth-order valence-corrected chi connectivity index (χ4v) is 2.66. The summed E-state index contributed by atoms with van der Waals surface area (Å²) in [7, 11) is 0. The van der Waals surface area contributed by atoms with Gasteiger partial charge in [-0.3, -0.25) is 4.79 Å². The molecule has 0 aromatic heterocycles. The van der Waals surface area contributed by atoms with Gasteiger partial charge in [-0.25, -0.2) is 4.39 Å². The van der Waals surface area contributed by atoms with Crippen LogP contribution in [0, 0.1) is 5.82 Å². The first-order chi connectivity index (χ1) is 10.1. The van der Waals surface area contributed by atoms with Crippen LogP contribution in [0.25, 0.3) is 0 Å². The first-order valence-electron chi connectivity index (χ1n) is 6.73. The van der Waals surface area contributed by atoms with Crippen LogP contribution in [0.2, 0.25) is 5.02 Å². The van der Waals surface area contributed by atoms with Crippen molar-refractivity contribution in [2.24, 2.45) is 0 Å². The molecule has 5 heteroatoms. The third-order valence-corrected chi connectivity index (χ3v) is 3.80. The lowest BCUT2D eigenvalue weighted by Gasteiger charge is -2.20. The number of nitrogens with one attached hydrogen (secondary N) is 2. The molecule has 0 aliphatic carbocycles. The number of fused-ring (bicyclic) bond motifs is 1. The summed E-state index contributed by atoms with van der Waals surface area (Å²) in [6, 6.07) is 9.72. The molecule has 3 rings (SSSR count). The lowest BCUT2D eigenvalue weighted by Crippen LogP contribution is -2.25. The predicted octanol–water partition coefficient (Wildman–Crippen LogP) is 3.38. The van der Waals surface area contributed by atoms with Gasteiger partial charge in [-0.2, -0.15) is 0 Å². The smallest absolute Gasteiger partial charge is 0.258 e. The molecule has 0 unspecified atom stereocenters. The highest BCUT2D eigenvalue weighted by atomic mass is 35.5. The van der Waals surface area contributed by atoms with Gasteiger partial charge in [-0.1, -0.05) is 23.7 Å². The van der Waals surface area contributed by atoms with Gasteiger partial charge in [0.2, 0.25) is 0 Å². The van der Waals surface area contributed by atoms with E-state index in [-0.39, 0.29) is 5.56 Å². The topological polar surface area (TPSA) is 41.1 Å². The van der Waals surface area contributed by atoms with Crippen LogP contribution in [0.5, 0.6) is 0 Å². The van der Waals surface area contributed by atoms with Crippen LogP contribution in [-0.4, -0.2) is 12.5 Å². The fraction of sp³-hybridized carbons (Fsp3) is 0.188. The van der Waals surface area contributed by atoms with E-state index < -0.39 is 11.7 Å². The molecule has 1 heterocycles. The van der Waals surface area contributed by atoms with Gasteiger partial charge in [-0.15, -0.1) is 0 Å². The minimum Gasteiger partial charge on any atom is -0.322 e. The Bertz CT molecular complexity index is 703. The molecule has 0 bridgehead atoms. The molecule has 0 saturated heterocycles. The maximum absolute atomic E-state index is 13.7. The highest BCUT2D eigenvalue weighted by Crippen LogP contribution is 2.24. The van der Waals surface area contributed by atoms with Crippen LogP contribution < -0.4 is 10.6 Å². The van der Waals surface area contributed by atoms with Crippen LogP contribution in [-0.2, 0) is 13.0 Å². The van der Waals surface area contributed by atoms with Gasteiger partial charge in [0.05, 0.1) is 5.56 Å². The monoisotopic (exact) mass is 304 g/mol. The average molecular weight is 305 g/mol. The van der Waals surface area contributed by atoms with Crippen LogP contribution in [0.3, 0.4) is 0 Å². The third kappa shape index (κ3) is 2.91. The van der Waals surface area contributed by atoms with Crippen LogP contribution in [0.4, 0.5) is 10.1 Å². The number of amides is 1. The van der Waals surface area contributed by atoms with Crippen molar-refractivity contribution in [2.75, 3.05) is 11.9 Å². The second kappa shape index (κ2) is 5.84. The van der Waals surface area contributed by atoms with Crippen LogP contribution >= 0.6 is 11.6 Å². The molecule has 21 heavy (non-hydrogen) atoms. The van der Waals surface area contributed by atoms with E-state index in [1.165, 1.54) is 23.8 Å². The molecule has 2 N–H and O–H groups in total. The van der Waals surface area contributed by atoms with E-state index in [0.29, 0.717) is 17.3 Å². The summed E-state index contributed by atoms with van der Waals surface area (Å²) in [4.78, 5) is 12.2. The first kappa shape index (κ1) is 14.0. The fourth-order valence-electron chi connectivity index (χ4n) is 2.49. The van der Waals surface area contributed by atoms with Crippen molar-refractivity contribution in [3.63, 3.8) is 0 Å². The second-order valence-corrected chi connectivity index (χ2v) is 5.38. The Labute approximate surface area is 127 Å². The Morgan fingerprint density at radius 3 is 3.00 bits per heavy atom. The first-order valence-corrected chi connectivity index (χ1v) is 7.11. The summed E-state index contributed by atoms with van der Waals surface area (Å²) in [5, 5.41) is 6.38. The summed E-state index contributed by atoms with van der Waals surface area (Å²) in [6.45, 7) is 1.62. The maximum Gasteiger partial charge on any atom is 0.258 e. The van der Waals surface area contributed by atoms with Crippen LogP contribution in [0.15, 0.2) is 36.4 Å². The lowest BCUT2D eigenvalue weighted by molar-refractivity contribution is 0.102. The number of carbonyl (C=O) groups is 1. The molecule has 0 fully saturated rings. The van der Waals surface area contributed by atoms with Gasteiger partial charge in [0.15, 0.2) is 0 Å². The summed E-state index contributed by atoms with van der Waals surface area (Å²) in [5.74, 6) is -1.08. The quantitative estimate of drug-likeness (QED) is 0.893. The zero-order valence-corrected chi connectivity index (χ0v) is 12.0. The minimum absolute atomic E-state index is 0.0520. The van der Waals surface area contributed by atoms with Gasteiger partial charge in [0, 0.05) is 17.3 Å². The van der Waals surface area contributed by atoms with Crippen molar-refractivity contribution in [1.29, 1.82) is 0 Å². The second-order valence-electron chi connectivity index (χ2n) is 4.95. The van der Waals surface area contributed by atoms with E-state index in [4.69, 9.17) is 11.6 Å². The molecular weight excluding hydrogens is 291 g/mol. The van der Waals surface area contributed by atoms with E-state index >= 15 is 0 Å². The van der Waals surface area contributed by atoms with E-state index in [1.54, 1.807) is 0 Å². The number of halogens is 2. The Hall–Kier alpha value is -1.91. The van der Waals surface area contributed by atoms with Crippen molar-refractivity contribution < 1.29 is 9.18 Å². The van der Waals surface area contributed by atoms with Gasteiger partial charge < -0.3 is 10.6 Å². The molecule has 0 atom stereocenters. The average Bonchev–Trinajstić information content (AvgIpc) is 2.50. The highest BCUT2D eigenvalue weighted by Gasteiger charge is 2.17. The van der Waals surface area contributed by atoms with Crippen molar-refractivity contribution >= 4 is 23.2 Å². The van der Waals surface area contributed by atoms with Crippen molar-refractivity contribution in [1.82, 2.24) is 5.32 Å². The van der Waals surface area contributed by atoms with Gasteiger partial charge in [-0.05, 0) is 48.4 Å². The van der Waals surface area contributed by atoms with E-state index in [2.05, 4.69) is 10.6 Å².